The number of rotatable bonds is 6. The Morgan fingerprint density at radius 3 is 2.58 bits per heavy atom. The summed E-state index contributed by atoms with van der Waals surface area (Å²) in [5.74, 6) is -0.620. The molecular weight excluding hydrogens is 375 g/mol. The van der Waals surface area contributed by atoms with Crippen LogP contribution < -0.4 is 10.6 Å². The second-order valence-corrected chi connectivity index (χ2v) is 6.81. The van der Waals surface area contributed by atoms with Gasteiger partial charge in [0.1, 0.15) is 6.04 Å². The number of esters is 1. The molecule has 0 aliphatic carbocycles. The molecule has 0 aromatic heterocycles. The van der Waals surface area contributed by atoms with Crippen molar-refractivity contribution in [3.63, 3.8) is 0 Å². The molecule has 0 aliphatic heterocycles. The molecule has 2 aromatic rings. The van der Waals surface area contributed by atoms with Crippen LogP contribution in [0.3, 0.4) is 0 Å². The van der Waals surface area contributed by atoms with Gasteiger partial charge in [0, 0.05) is 16.3 Å². The van der Waals surface area contributed by atoms with Crippen LogP contribution in [0.1, 0.15) is 34.5 Å². The van der Waals surface area contributed by atoms with Gasteiger partial charge in [0.05, 0.1) is 17.7 Å². The number of nitrogens with two attached hydrogens (primary N) is 1. The Balaban J connectivity index is 1.99. The van der Waals surface area contributed by atoms with Crippen molar-refractivity contribution in [2.24, 2.45) is 0 Å². The van der Waals surface area contributed by atoms with E-state index >= 15 is 0 Å². The number of ether oxygens (including phenoxy) is 1. The molecule has 3 N–H and O–H groups in total. The van der Waals surface area contributed by atoms with Crippen molar-refractivity contribution in [1.82, 2.24) is 0 Å². The number of hydrogen-bond acceptors (Lipinski definition) is 3. The molecule has 0 fully saturated rings. The van der Waals surface area contributed by atoms with Crippen molar-refractivity contribution in [3.8, 4) is 0 Å². The van der Waals surface area contributed by atoms with E-state index in [1.807, 2.05) is 25.2 Å². The molecule has 0 spiro atoms. The molecular formula is C19H21Cl2N2O3+. The fourth-order valence-electron chi connectivity index (χ4n) is 2.48. The van der Waals surface area contributed by atoms with Crippen LogP contribution in [0.15, 0.2) is 36.4 Å². The summed E-state index contributed by atoms with van der Waals surface area (Å²) in [6.07, 6.45) is 0. The van der Waals surface area contributed by atoms with Crippen LogP contribution in [-0.2, 0) is 9.53 Å². The Labute approximate surface area is 162 Å². The molecule has 1 amide bonds. The molecule has 0 unspecified atom stereocenters. The van der Waals surface area contributed by atoms with Gasteiger partial charge >= 0.3 is 5.97 Å². The Bertz CT molecular complexity index is 824. The predicted octanol–water partition coefficient (Wildman–Crippen LogP) is 3.35. The maximum Gasteiger partial charge on any atom is 0.337 e. The van der Waals surface area contributed by atoms with Crippen LogP contribution in [0.4, 0.5) is 5.69 Å². The first-order valence-corrected chi connectivity index (χ1v) is 8.84. The zero-order valence-electron chi connectivity index (χ0n) is 14.8. The Kier molecular flexibility index (Phi) is 7.03. The van der Waals surface area contributed by atoms with Gasteiger partial charge in [-0.1, -0.05) is 35.3 Å². The number of halogens is 2. The summed E-state index contributed by atoms with van der Waals surface area (Å²) in [7, 11) is 1.32. The summed E-state index contributed by atoms with van der Waals surface area (Å²) in [4.78, 5) is 23.9. The number of hydrogen-bond donors (Lipinski definition) is 2. The third-order valence-corrected chi connectivity index (χ3v) is 4.61. The summed E-state index contributed by atoms with van der Waals surface area (Å²) >= 11 is 12.1. The minimum atomic E-state index is -0.446. The van der Waals surface area contributed by atoms with Gasteiger partial charge in [-0.2, -0.15) is 0 Å². The highest BCUT2D eigenvalue weighted by Gasteiger charge is 2.16. The van der Waals surface area contributed by atoms with E-state index in [2.05, 4.69) is 5.32 Å². The Morgan fingerprint density at radius 2 is 1.92 bits per heavy atom. The number of carbonyl (C=O) groups is 2. The molecule has 138 valence electrons. The van der Waals surface area contributed by atoms with Crippen LogP contribution in [0.2, 0.25) is 10.0 Å². The standard InChI is InChI=1S/C19H20Cl2N2O3/c1-11-4-5-13(19(25)26-3)8-17(11)23-18(24)10-22-12(2)15-7-6-14(20)9-16(15)21/h4-9,12,22H,10H2,1-3H3,(H,23,24)/p+1/t12-/m0/s1. The summed E-state index contributed by atoms with van der Waals surface area (Å²) in [5, 5.41) is 5.85. The largest absolute Gasteiger partial charge is 0.465 e. The lowest BCUT2D eigenvalue weighted by atomic mass is 10.1. The monoisotopic (exact) mass is 395 g/mol. The van der Waals surface area contributed by atoms with E-state index in [1.54, 1.807) is 30.3 Å². The molecule has 2 rings (SSSR count). The van der Waals surface area contributed by atoms with E-state index in [0.29, 0.717) is 21.3 Å². The second kappa shape index (κ2) is 9.03. The summed E-state index contributed by atoms with van der Waals surface area (Å²) < 4.78 is 4.70. The topological polar surface area (TPSA) is 72.0 Å². The first kappa shape index (κ1) is 20.2. The molecule has 0 saturated carbocycles. The molecule has 2 aromatic carbocycles. The highest BCUT2D eigenvalue weighted by Crippen LogP contribution is 2.24. The lowest BCUT2D eigenvalue weighted by Crippen LogP contribution is -2.86. The van der Waals surface area contributed by atoms with Gasteiger partial charge in [-0.25, -0.2) is 4.79 Å². The smallest absolute Gasteiger partial charge is 0.337 e. The fraction of sp³-hybridized carbons (Fsp3) is 0.263. The average molecular weight is 396 g/mol. The van der Waals surface area contributed by atoms with Crippen molar-refractivity contribution in [2.75, 3.05) is 19.0 Å². The van der Waals surface area contributed by atoms with E-state index in [1.165, 1.54) is 7.11 Å². The molecule has 0 bridgehead atoms. The summed E-state index contributed by atoms with van der Waals surface area (Å²) in [5.41, 5.74) is 2.75. The van der Waals surface area contributed by atoms with Gasteiger partial charge in [0.2, 0.25) is 0 Å². The van der Waals surface area contributed by atoms with Gasteiger partial charge in [-0.05, 0) is 43.7 Å². The minimum absolute atomic E-state index is 0.00647. The van der Waals surface area contributed by atoms with Crippen molar-refractivity contribution in [1.29, 1.82) is 0 Å². The highest BCUT2D eigenvalue weighted by molar-refractivity contribution is 6.35. The van der Waals surface area contributed by atoms with E-state index in [4.69, 9.17) is 27.9 Å². The second-order valence-electron chi connectivity index (χ2n) is 5.96. The molecule has 0 heterocycles. The van der Waals surface area contributed by atoms with Gasteiger partial charge in [-0.15, -0.1) is 0 Å². The quantitative estimate of drug-likeness (QED) is 0.736. The molecule has 0 saturated heterocycles. The van der Waals surface area contributed by atoms with Crippen LogP contribution in [0.25, 0.3) is 0 Å². The van der Waals surface area contributed by atoms with Crippen LogP contribution in [0.5, 0.6) is 0 Å². The lowest BCUT2D eigenvalue weighted by Gasteiger charge is -2.14. The van der Waals surface area contributed by atoms with Crippen LogP contribution in [0, 0.1) is 6.92 Å². The Morgan fingerprint density at radius 1 is 1.19 bits per heavy atom. The van der Waals surface area contributed by atoms with Gasteiger partial charge in [-0.3, -0.25) is 4.79 Å². The maximum atomic E-state index is 12.3. The summed E-state index contributed by atoms with van der Waals surface area (Å²) in [6.45, 7) is 4.03. The third kappa shape index (κ3) is 5.21. The van der Waals surface area contributed by atoms with E-state index < -0.39 is 5.97 Å². The average Bonchev–Trinajstić information content (AvgIpc) is 2.61. The number of aryl methyl sites for hydroxylation is 1. The predicted molar refractivity (Wildman–Crippen MR) is 103 cm³/mol. The van der Waals surface area contributed by atoms with Crippen molar-refractivity contribution in [2.45, 2.75) is 19.9 Å². The molecule has 7 heteroatoms. The zero-order chi connectivity index (χ0) is 19.3. The normalized spacial score (nSPS) is 11.7. The maximum absolute atomic E-state index is 12.3. The Hall–Kier alpha value is -2.08. The van der Waals surface area contributed by atoms with Gasteiger partial charge in [0.15, 0.2) is 6.54 Å². The third-order valence-electron chi connectivity index (χ3n) is 4.04. The first-order valence-electron chi connectivity index (χ1n) is 8.09. The van der Waals surface area contributed by atoms with Gasteiger partial charge in [0.25, 0.3) is 5.91 Å². The van der Waals surface area contributed by atoms with E-state index in [9.17, 15) is 9.59 Å². The number of carbonyl (C=O) groups excluding carboxylic acids is 2. The molecule has 5 nitrogen and oxygen atoms in total. The molecule has 26 heavy (non-hydrogen) atoms. The lowest BCUT2D eigenvalue weighted by molar-refractivity contribution is -0.682. The van der Waals surface area contributed by atoms with Crippen LogP contribution in [-0.4, -0.2) is 25.5 Å². The minimum Gasteiger partial charge on any atom is -0.465 e. The van der Waals surface area contributed by atoms with Gasteiger partial charge < -0.3 is 15.4 Å². The molecule has 0 aliphatic rings. The SMILES string of the molecule is COC(=O)c1ccc(C)c(NC(=O)C[NH2+][C@@H](C)c2ccc(Cl)cc2Cl)c1. The van der Waals surface area contributed by atoms with Crippen molar-refractivity contribution >= 4 is 40.8 Å². The molecule has 1 atom stereocenters. The van der Waals surface area contributed by atoms with E-state index in [0.717, 1.165) is 11.1 Å². The number of nitrogens with one attached hydrogen (secondary N) is 1. The zero-order valence-corrected chi connectivity index (χ0v) is 16.3. The number of quaternary nitrogens is 1. The van der Waals surface area contributed by atoms with Crippen LogP contribution >= 0.6 is 23.2 Å². The number of benzene rings is 2. The fourth-order valence-corrected chi connectivity index (χ4v) is 3.06. The van der Waals surface area contributed by atoms with Crippen molar-refractivity contribution < 1.29 is 19.6 Å². The molecule has 0 radical (unpaired) electrons. The first-order chi connectivity index (χ1) is 12.3. The van der Waals surface area contributed by atoms with Crippen molar-refractivity contribution in [3.05, 3.63) is 63.1 Å². The number of amides is 1. The number of anilines is 1. The van der Waals surface area contributed by atoms with E-state index in [-0.39, 0.29) is 18.5 Å². The number of methoxy groups -OCH3 is 1. The highest BCUT2D eigenvalue weighted by atomic mass is 35.5. The summed E-state index contributed by atoms with van der Waals surface area (Å²) in [6, 6.07) is 10.3.